The van der Waals surface area contributed by atoms with E-state index in [4.69, 9.17) is 0 Å². The molecule has 3 rings (SSSR count). The number of carbonyl (C=O) groups is 1. The maximum absolute atomic E-state index is 12.6. The predicted molar refractivity (Wildman–Crippen MR) is 112 cm³/mol. The minimum atomic E-state index is -0.158. The van der Waals surface area contributed by atoms with Crippen LogP contribution in [0.2, 0.25) is 0 Å². The van der Waals surface area contributed by atoms with Crippen LogP contribution in [0.15, 0.2) is 53.3 Å². The first-order valence-electron chi connectivity index (χ1n) is 9.54. The summed E-state index contributed by atoms with van der Waals surface area (Å²) < 4.78 is 0. The van der Waals surface area contributed by atoms with Crippen molar-refractivity contribution in [2.45, 2.75) is 39.8 Å². The molecular weight excluding hydrogens is 352 g/mol. The van der Waals surface area contributed by atoms with E-state index in [2.05, 4.69) is 29.1 Å². The number of aryl methyl sites for hydroxylation is 1. The highest BCUT2D eigenvalue weighted by Crippen LogP contribution is 2.13. The lowest BCUT2D eigenvalue weighted by atomic mass is 10.2. The minimum Gasteiger partial charge on any atom is -0.325 e. The third-order valence-electron chi connectivity index (χ3n) is 4.88. The number of aromatic nitrogens is 2. The molecule has 1 unspecified atom stereocenters. The number of carbonyl (C=O) groups excluding carboxylic acids is 1. The number of rotatable bonds is 7. The van der Waals surface area contributed by atoms with Crippen molar-refractivity contribution in [3.8, 4) is 0 Å². The maximum Gasteiger partial charge on any atom is 0.258 e. The van der Waals surface area contributed by atoms with Gasteiger partial charge in [-0.3, -0.25) is 14.5 Å². The molecule has 0 spiro atoms. The quantitative estimate of drug-likeness (QED) is 0.660. The standard InChI is InChI=1S/C22H26N4O2/c1-4-16(3)26(14-21(27)23-17-9-7-8-15(2)12-17)13-20-24-19-11-6-5-10-18(19)22(28)25-20/h5-12,16H,4,13-14H2,1-3H3,(H,23,27)(H,24,25,28). The van der Waals surface area contributed by atoms with E-state index in [1.54, 1.807) is 6.07 Å². The molecule has 2 N–H and O–H groups in total. The molecular formula is C22H26N4O2. The van der Waals surface area contributed by atoms with Crippen LogP contribution in [0.1, 0.15) is 31.7 Å². The van der Waals surface area contributed by atoms with E-state index in [0.29, 0.717) is 23.3 Å². The van der Waals surface area contributed by atoms with Crippen LogP contribution in [0, 0.1) is 6.92 Å². The summed E-state index contributed by atoms with van der Waals surface area (Å²) in [7, 11) is 0. The van der Waals surface area contributed by atoms with Gasteiger partial charge >= 0.3 is 0 Å². The molecule has 1 aromatic heterocycles. The van der Waals surface area contributed by atoms with Gasteiger partial charge in [0.1, 0.15) is 5.82 Å². The number of nitrogens with one attached hydrogen (secondary N) is 2. The molecule has 6 nitrogen and oxygen atoms in total. The molecule has 0 aliphatic heterocycles. The fraction of sp³-hybridized carbons (Fsp3) is 0.318. The maximum atomic E-state index is 12.6. The van der Waals surface area contributed by atoms with E-state index in [-0.39, 0.29) is 24.1 Å². The number of hydrogen-bond donors (Lipinski definition) is 2. The Hall–Kier alpha value is -2.99. The Bertz CT molecular complexity index is 1030. The topological polar surface area (TPSA) is 78.1 Å². The Kier molecular flexibility index (Phi) is 6.21. The number of hydrogen-bond acceptors (Lipinski definition) is 4. The fourth-order valence-corrected chi connectivity index (χ4v) is 3.14. The van der Waals surface area contributed by atoms with E-state index in [9.17, 15) is 9.59 Å². The van der Waals surface area contributed by atoms with Gasteiger partial charge in [0.15, 0.2) is 0 Å². The van der Waals surface area contributed by atoms with Gasteiger partial charge in [0.25, 0.3) is 5.56 Å². The van der Waals surface area contributed by atoms with E-state index < -0.39 is 0 Å². The third kappa shape index (κ3) is 4.84. The van der Waals surface area contributed by atoms with Crippen LogP contribution < -0.4 is 10.9 Å². The second-order valence-electron chi connectivity index (χ2n) is 7.11. The highest BCUT2D eigenvalue weighted by atomic mass is 16.2. The molecule has 0 radical (unpaired) electrons. The van der Waals surface area contributed by atoms with Crippen LogP contribution in [-0.4, -0.2) is 33.4 Å². The molecule has 2 aromatic carbocycles. The summed E-state index contributed by atoms with van der Waals surface area (Å²) in [4.78, 5) is 34.3. The van der Waals surface area contributed by atoms with Crippen LogP contribution in [-0.2, 0) is 11.3 Å². The van der Waals surface area contributed by atoms with Crippen molar-refractivity contribution >= 4 is 22.5 Å². The number of anilines is 1. The first-order chi connectivity index (χ1) is 13.5. The van der Waals surface area contributed by atoms with Gasteiger partial charge in [-0.1, -0.05) is 31.2 Å². The number of para-hydroxylation sites is 1. The largest absolute Gasteiger partial charge is 0.325 e. The van der Waals surface area contributed by atoms with E-state index in [1.165, 1.54) is 0 Å². The second-order valence-corrected chi connectivity index (χ2v) is 7.11. The molecule has 1 atom stereocenters. The lowest BCUT2D eigenvalue weighted by Crippen LogP contribution is -2.39. The molecule has 0 saturated carbocycles. The molecule has 28 heavy (non-hydrogen) atoms. The molecule has 1 heterocycles. The summed E-state index contributed by atoms with van der Waals surface area (Å²) in [5, 5.41) is 3.51. The van der Waals surface area contributed by atoms with Crippen molar-refractivity contribution in [1.82, 2.24) is 14.9 Å². The molecule has 0 aliphatic rings. The molecule has 6 heteroatoms. The van der Waals surface area contributed by atoms with Crippen LogP contribution >= 0.6 is 0 Å². The van der Waals surface area contributed by atoms with Crippen molar-refractivity contribution < 1.29 is 4.79 Å². The Morgan fingerprint density at radius 1 is 1.21 bits per heavy atom. The number of amides is 1. The second kappa shape index (κ2) is 8.80. The average molecular weight is 378 g/mol. The van der Waals surface area contributed by atoms with Crippen LogP contribution in [0.4, 0.5) is 5.69 Å². The summed E-state index contributed by atoms with van der Waals surface area (Å²) in [5.41, 5.74) is 2.38. The van der Waals surface area contributed by atoms with E-state index in [1.807, 2.05) is 54.3 Å². The normalized spacial score (nSPS) is 12.3. The van der Waals surface area contributed by atoms with Crippen LogP contribution in [0.3, 0.4) is 0 Å². The van der Waals surface area contributed by atoms with Crippen molar-refractivity contribution in [3.05, 3.63) is 70.3 Å². The van der Waals surface area contributed by atoms with Crippen LogP contribution in [0.5, 0.6) is 0 Å². The van der Waals surface area contributed by atoms with Gasteiger partial charge in [0, 0.05) is 11.7 Å². The van der Waals surface area contributed by atoms with Crippen LogP contribution in [0.25, 0.3) is 10.9 Å². The van der Waals surface area contributed by atoms with Gasteiger partial charge < -0.3 is 10.3 Å². The van der Waals surface area contributed by atoms with Gasteiger partial charge in [-0.15, -0.1) is 0 Å². The third-order valence-corrected chi connectivity index (χ3v) is 4.88. The molecule has 146 valence electrons. The van der Waals surface area contributed by atoms with E-state index >= 15 is 0 Å². The zero-order valence-corrected chi connectivity index (χ0v) is 16.5. The number of H-pyrrole nitrogens is 1. The number of fused-ring (bicyclic) bond motifs is 1. The smallest absolute Gasteiger partial charge is 0.258 e. The lowest BCUT2D eigenvalue weighted by molar-refractivity contribution is -0.118. The number of benzene rings is 2. The summed E-state index contributed by atoms with van der Waals surface area (Å²) in [6, 6.07) is 15.2. The Balaban J connectivity index is 1.77. The van der Waals surface area contributed by atoms with Gasteiger partial charge in [-0.25, -0.2) is 4.98 Å². The number of aromatic amines is 1. The zero-order chi connectivity index (χ0) is 20.1. The van der Waals surface area contributed by atoms with Gasteiger partial charge in [-0.05, 0) is 50.1 Å². The van der Waals surface area contributed by atoms with Crippen molar-refractivity contribution in [3.63, 3.8) is 0 Å². The monoisotopic (exact) mass is 378 g/mol. The van der Waals surface area contributed by atoms with Gasteiger partial charge in [0.2, 0.25) is 5.91 Å². The van der Waals surface area contributed by atoms with Gasteiger partial charge in [-0.2, -0.15) is 0 Å². The summed E-state index contributed by atoms with van der Waals surface area (Å²) in [5.74, 6) is 0.474. The predicted octanol–water partition coefficient (Wildman–Crippen LogP) is 3.47. The van der Waals surface area contributed by atoms with Gasteiger partial charge in [0.05, 0.1) is 24.0 Å². The summed E-state index contributed by atoms with van der Waals surface area (Å²) in [6.45, 7) is 6.75. The molecule has 1 amide bonds. The highest BCUT2D eigenvalue weighted by molar-refractivity contribution is 5.92. The first kappa shape index (κ1) is 19.8. The molecule has 0 aliphatic carbocycles. The lowest BCUT2D eigenvalue weighted by Gasteiger charge is -2.27. The molecule has 0 fully saturated rings. The Morgan fingerprint density at radius 3 is 2.75 bits per heavy atom. The number of nitrogens with zero attached hydrogens (tertiary/aromatic N) is 2. The minimum absolute atomic E-state index is 0.0889. The van der Waals surface area contributed by atoms with Crippen molar-refractivity contribution in [2.75, 3.05) is 11.9 Å². The first-order valence-corrected chi connectivity index (χ1v) is 9.54. The van der Waals surface area contributed by atoms with Crippen molar-refractivity contribution in [2.24, 2.45) is 0 Å². The SMILES string of the molecule is CCC(C)N(CC(=O)Nc1cccc(C)c1)Cc1nc2ccccc2c(=O)[nH]1. The van der Waals surface area contributed by atoms with E-state index in [0.717, 1.165) is 17.7 Å². The Labute approximate surface area is 164 Å². The Morgan fingerprint density at radius 2 is 2.00 bits per heavy atom. The average Bonchev–Trinajstić information content (AvgIpc) is 2.67. The molecule has 0 bridgehead atoms. The fourth-order valence-electron chi connectivity index (χ4n) is 3.14. The summed E-state index contributed by atoms with van der Waals surface area (Å²) in [6.07, 6.45) is 0.884. The molecule has 3 aromatic rings. The molecule has 0 saturated heterocycles. The zero-order valence-electron chi connectivity index (χ0n) is 16.5. The van der Waals surface area contributed by atoms with Crippen molar-refractivity contribution in [1.29, 1.82) is 0 Å². The highest BCUT2D eigenvalue weighted by Gasteiger charge is 2.18. The summed E-state index contributed by atoms with van der Waals surface area (Å²) >= 11 is 0.